The quantitative estimate of drug-likeness (QED) is 0.684. The number of aromatic nitrogens is 1. The molecule has 0 unspecified atom stereocenters. The number of nitrogens with two attached hydrogens (primary N) is 1. The number of rotatable bonds is 1. The third-order valence-electron chi connectivity index (χ3n) is 2.81. The average Bonchev–Trinajstić information content (AvgIpc) is 2.57. The second kappa shape index (κ2) is 3.46. The number of anilines is 1. The highest BCUT2D eigenvalue weighted by Gasteiger charge is 2.27. The van der Waals surface area contributed by atoms with Gasteiger partial charge >= 0.3 is 0 Å². The van der Waals surface area contributed by atoms with Gasteiger partial charge in [0.25, 0.3) is 5.56 Å². The van der Waals surface area contributed by atoms with Gasteiger partial charge in [-0.1, -0.05) is 0 Å². The van der Waals surface area contributed by atoms with Gasteiger partial charge in [0, 0.05) is 6.20 Å². The van der Waals surface area contributed by atoms with E-state index in [9.17, 15) is 9.90 Å². The van der Waals surface area contributed by atoms with Crippen LogP contribution in [-0.2, 0) is 0 Å². The number of pyridine rings is 1. The number of nitrogens with zero attached hydrogens (tertiary/aromatic N) is 1. The monoisotopic (exact) mass is 194 g/mol. The first-order chi connectivity index (χ1) is 6.70. The Morgan fingerprint density at radius 2 is 2.29 bits per heavy atom. The van der Waals surface area contributed by atoms with E-state index < -0.39 is 6.10 Å². The molecule has 1 aliphatic rings. The Morgan fingerprint density at radius 1 is 1.50 bits per heavy atom. The van der Waals surface area contributed by atoms with Crippen molar-refractivity contribution in [2.24, 2.45) is 0 Å². The van der Waals surface area contributed by atoms with Crippen LogP contribution in [0.1, 0.15) is 25.3 Å². The predicted molar refractivity (Wildman–Crippen MR) is 54.0 cm³/mol. The molecule has 1 aromatic heterocycles. The Labute approximate surface area is 82.0 Å². The lowest BCUT2D eigenvalue weighted by Crippen LogP contribution is -2.30. The number of hydrogen-bond acceptors (Lipinski definition) is 3. The highest BCUT2D eigenvalue weighted by atomic mass is 16.3. The Hall–Kier alpha value is -1.29. The second-order valence-corrected chi connectivity index (χ2v) is 3.74. The van der Waals surface area contributed by atoms with E-state index in [1.807, 2.05) is 0 Å². The molecule has 0 amide bonds. The van der Waals surface area contributed by atoms with E-state index in [1.54, 1.807) is 22.9 Å². The van der Waals surface area contributed by atoms with Crippen LogP contribution < -0.4 is 11.3 Å². The van der Waals surface area contributed by atoms with Gasteiger partial charge < -0.3 is 15.4 Å². The van der Waals surface area contributed by atoms with Crippen LogP contribution in [0.3, 0.4) is 0 Å². The van der Waals surface area contributed by atoms with Crippen molar-refractivity contribution < 1.29 is 5.11 Å². The molecule has 0 spiro atoms. The average molecular weight is 194 g/mol. The van der Waals surface area contributed by atoms with Gasteiger partial charge in [0.2, 0.25) is 0 Å². The van der Waals surface area contributed by atoms with E-state index in [2.05, 4.69) is 0 Å². The summed E-state index contributed by atoms with van der Waals surface area (Å²) in [6, 6.07) is 3.23. The summed E-state index contributed by atoms with van der Waals surface area (Å²) >= 11 is 0. The van der Waals surface area contributed by atoms with Crippen molar-refractivity contribution in [2.45, 2.75) is 31.4 Å². The summed E-state index contributed by atoms with van der Waals surface area (Å²) in [5.74, 6) is 0. The van der Waals surface area contributed by atoms with Gasteiger partial charge in [0.05, 0.1) is 17.8 Å². The lowest BCUT2D eigenvalue weighted by Gasteiger charge is -2.17. The minimum absolute atomic E-state index is 0.0917. The van der Waals surface area contributed by atoms with Crippen molar-refractivity contribution >= 4 is 5.69 Å². The van der Waals surface area contributed by atoms with Crippen molar-refractivity contribution in [3.05, 3.63) is 28.7 Å². The summed E-state index contributed by atoms with van der Waals surface area (Å²) in [6.45, 7) is 0. The smallest absolute Gasteiger partial charge is 0.274 e. The van der Waals surface area contributed by atoms with Crippen LogP contribution >= 0.6 is 0 Å². The summed E-state index contributed by atoms with van der Waals surface area (Å²) in [5, 5.41) is 9.66. The maximum Gasteiger partial charge on any atom is 0.274 e. The molecular weight excluding hydrogens is 180 g/mol. The highest BCUT2D eigenvalue weighted by molar-refractivity contribution is 5.33. The highest BCUT2D eigenvalue weighted by Crippen LogP contribution is 2.28. The zero-order chi connectivity index (χ0) is 10.1. The zero-order valence-corrected chi connectivity index (χ0v) is 7.89. The van der Waals surface area contributed by atoms with Gasteiger partial charge in [-0.3, -0.25) is 4.79 Å². The summed E-state index contributed by atoms with van der Waals surface area (Å²) < 4.78 is 1.55. The molecule has 0 aliphatic heterocycles. The molecule has 1 heterocycles. The van der Waals surface area contributed by atoms with Crippen molar-refractivity contribution in [3.63, 3.8) is 0 Å². The summed E-state index contributed by atoms with van der Waals surface area (Å²) in [4.78, 5) is 11.6. The molecule has 0 bridgehead atoms. The molecule has 14 heavy (non-hydrogen) atoms. The first kappa shape index (κ1) is 9.27. The Morgan fingerprint density at radius 3 is 2.93 bits per heavy atom. The molecule has 2 rings (SSSR count). The van der Waals surface area contributed by atoms with E-state index in [0.717, 1.165) is 19.3 Å². The maximum absolute atomic E-state index is 11.6. The summed E-state index contributed by atoms with van der Waals surface area (Å²) in [6.07, 6.45) is 3.87. The van der Waals surface area contributed by atoms with Crippen LogP contribution in [0.15, 0.2) is 23.1 Å². The molecule has 1 aromatic rings. The molecule has 4 nitrogen and oxygen atoms in total. The van der Waals surface area contributed by atoms with E-state index in [4.69, 9.17) is 5.73 Å². The first-order valence-electron chi connectivity index (χ1n) is 4.85. The minimum Gasteiger partial charge on any atom is -0.394 e. The van der Waals surface area contributed by atoms with Crippen molar-refractivity contribution in [2.75, 3.05) is 5.73 Å². The lowest BCUT2D eigenvalue weighted by atomic mass is 10.2. The van der Waals surface area contributed by atoms with Gasteiger partial charge in [-0.05, 0) is 31.4 Å². The van der Waals surface area contributed by atoms with Crippen molar-refractivity contribution in [3.8, 4) is 0 Å². The molecular formula is C10H14N2O2. The fourth-order valence-electron chi connectivity index (χ4n) is 2.03. The van der Waals surface area contributed by atoms with Crippen LogP contribution in [0.4, 0.5) is 5.69 Å². The largest absolute Gasteiger partial charge is 0.394 e. The Balaban J connectivity index is 2.41. The summed E-state index contributed by atoms with van der Waals surface area (Å²) in [7, 11) is 0. The Kier molecular flexibility index (Phi) is 2.29. The third kappa shape index (κ3) is 1.42. The zero-order valence-electron chi connectivity index (χ0n) is 7.89. The number of aliphatic hydroxyl groups excluding tert-OH is 1. The molecule has 2 atom stereocenters. The fraction of sp³-hybridized carbons (Fsp3) is 0.500. The third-order valence-corrected chi connectivity index (χ3v) is 2.81. The van der Waals surface area contributed by atoms with E-state index >= 15 is 0 Å². The molecule has 0 radical (unpaired) electrons. The van der Waals surface area contributed by atoms with Crippen LogP contribution in [-0.4, -0.2) is 15.8 Å². The normalized spacial score (nSPS) is 26.6. The molecule has 76 valence electrons. The fourth-order valence-corrected chi connectivity index (χ4v) is 2.03. The van der Waals surface area contributed by atoms with Crippen LogP contribution in [0.5, 0.6) is 0 Å². The number of hydrogen-bond donors (Lipinski definition) is 2. The van der Waals surface area contributed by atoms with E-state index in [0.29, 0.717) is 0 Å². The van der Waals surface area contributed by atoms with Gasteiger partial charge in [-0.25, -0.2) is 0 Å². The van der Waals surface area contributed by atoms with Gasteiger partial charge in [0.1, 0.15) is 0 Å². The Bertz CT molecular complexity index is 386. The summed E-state index contributed by atoms with van der Waals surface area (Å²) in [5.41, 5.74) is 5.57. The van der Waals surface area contributed by atoms with Crippen LogP contribution in [0.25, 0.3) is 0 Å². The SMILES string of the molecule is Nc1cccn([C@H]2CCC[C@H]2O)c1=O. The molecule has 1 saturated carbocycles. The molecule has 0 saturated heterocycles. The standard InChI is InChI=1S/C10H14N2O2/c11-7-3-2-6-12(10(7)14)8-4-1-5-9(8)13/h2-3,6,8-9,13H,1,4-5,11H2/t8-,9+/m0/s1. The van der Waals surface area contributed by atoms with Crippen molar-refractivity contribution in [1.82, 2.24) is 4.57 Å². The van der Waals surface area contributed by atoms with E-state index in [1.165, 1.54) is 0 Å². The maximum atomic E-state index is 11.6. The minimum atomic E-state index is -0.408. The predicted octanol–water partition coefficient (Wildman–Crippen LogP) is 0.516. The second-order valence-electron chi connectivity index (χ2n) is 3.74. The van der Waals surface area contributed by atoms with Crippen LogP contribution in [0.2, 0.25) is 0 Å². The van der Waals surface area contributed by atoms with Gasteiger partial charge in [-0.15, -0.1) is 0 Å². The van der Waals surface area contributed by atoms with E-state index in [-0.39, 0.29) is 17.3 Å². The molecule has 4 heteroatoms. The van der Waals surface area contributed by atoms with Crippen molar-refractivity contribution in [1.29, 1.82) is 0 Å². The molecule has 0 aromatic carbocycles. The number of aliphatic hydroxyl groups is 1. The molecule has 3 N–H and O–H groups in total. The van der Waals surface area contributed by atoms with Gasteiger partial charge in [-0.2, -0.15) is 0 Å². The lowest BCUT2D eigenvalue weighted by molar-refractivity contribution is 0.135. The molecule has 1 fully saturated rings. The van der Waals surface area contributed by atoms with Crippen LogP contribution in [0, 0.1) is 0 Å². The molecule has 1 aliphatic carbocycles. The number of nitrogen functional groups attached to an aromatic ring is 1. The topological polar surface area (TPSA) is 68.2 Å². The first-order valence-corrected chi connectivity index (χ1v) is 4.85. The van der Waals surface area contributed by atoms with Gasteiger partial charge in [0.15, 0.2) is 0 Å².